The van der Waals surface area contributed by atoms with E-state index in [1.807, 2.05) is 57.4 Å². The summed E-state index contributed by atoms with van der Waals surface area (Å²) >= 11 is 8.12. The predicted molar refractivity (Wildman–Crippen MR) is 165 cm³/mol. The Hall–Kier alpha value is -3.16. The number of carbonyl (C=O) groups is 1. The first-order valence-electron chi connectivity index (χ1n) is 13.7. The molecular weight excluding hydrogens is 574 g/mol. The molecule has 1 spiro atoms. The second-order valence-corrected chi connectivity index (χ2v) is 13.4. The van der Waals surface area contributed by atoms with Gasteiger partial charge >= 0.3 is 0 Å². The summed E-state index contributed by atoms with van der Waals surface area (Å²) in [7, 11) is -1.35. The third-order valence-corrected chi connectivity index (χ3v) is 10.6. The van der Waals surface area contributed by atoms with E-state index in [-0.39, 0.29) is 5.91 Å². The molecule has 1 atom stereocenters. The number of hydrogen-bond donors (Lipinski definition) is 0. The lowest BCUT2D eigenvalue weighted by Crippen LogP contribution is -2.49. The SMILES string of the molecule is CSCCCn1c(CN2C(=O)C3(CCN(S(=O)c4ccc(C#N)cc4)CC3)c3ccccc32)nc2cc(Cl)ccc21. The Bertz CT molecular complexity index is 1670. The maximum absolute atomic E-state index is 14.3. The molecule has 3 aromatic carbocycles. The average Bonchev–Trinajstić information content (AvgIpc) is 3.45. The van der Waals surface area contributed by atoms with Crippen molar-refractivity contribution in [3.63, 3.8) is 0 Å². The van der Waals surface area contributed by atoms with Crippen molar-refractivity contribution in [2.75, 3.05) is 30.0 Å². The Balaban J connectivity index is 1.27. The molecule has 2 aliphatic heterocycles. The molecule has 1 aromatic heterocycles. The van der Waals surface area contributed by atoms with Gasteiger partial charge < -0.3 is 9.47 Å². The van der Waals surface area contributed by atoms with Gasteiger partial charge in [0, 0.05) is 30.3 Å². The van der Waals surface area contributed by atoms with Crippen LogP contribution in [0.4, 0.5) is 5.69 Å². The number of carbonyl (C=O) groups excluding carboxylic acids is 1. The van der Waals surface area contributed by atoms with Crippen LogP contribution in [0.5, 0.6) is 0 Å². The molecular formula is C31H30ClN5O2S2. The van der Waals surface area contributed by atoms with Crippen LogP contribution in [0, 0.1) is 11.3 Å². The number of amides is 1. The van der Waals surface area contributed by atoms with Gasteiger partial charge in [-0.3, -0.25) is 4.79 Å². The topological polar surface area (TPSA) is 82.2 Å². The van der Waals surface area contributed by atoms with Crippen LogP contribution in [0.1, 0.15) is 36.2 Å². The lowest BCUT2D eigenvalue weighted by atomic mass is 9.74. The third kappa shape index (κ3) is 5.08. The van der Waals surface area contributed by atoms with Crippen LogP contribution in [0.25, 0.3) is 11.0 Å². The molecule has 6 rings (SSSR count). The molecule has 1 amide bonds. The van der Waals surface area contributed by atoms with E-state index in [1.165, 1.54) is 0 Å². The molecule has 1 saturated heterocycles. The van der Waals surface area contributed by atoms with Crippen LogP contribution in [0.2, 0.25) is 5.02 Å². The minimum atomic E-state index is -1.35. The second-order valence-electron chi connectivity index (χ2n) is 10.5. The Morgan fingerprint density at radius 1 is 1.10 bits per heavy atom. The zero-order valence-electron chi connectivity index (χ0n) is 22.8. The van der Waals surface area contributed by atoms with Crippen LogP contribution in [0.3, 0.4) is 0 Å². The maximum Gasteiger partial charge on any atom is 0.238 e. The predicted octanol–water partition coefficient (Wildman–Crippen LogP) is 5.92. The van der Waals surface area contributed by atoms with E-state index in [0.29, 0.717) is 48.0 Å². The third-order valence-electron chi connectivity index (χ3n) is 8.18. The van der Waals surface area contributed by atoms with Gasteiger partial charge in [0.2, 0.25) is 5.91 Å². The molecule has 0 N–H and O–H groups in total. The van der Waals surface area contributed by atoms with Gasteiger partial charge in [-0.25, -0.2) is 13.5 Å². The summed E-state index contributed by atoms with van der Waals surface area (Å²) in [6.07, 6.45) is 4.28. The number of thioether (sulfide) groups is 1. The van der Waals surface area contributed by atoms with Gasteiger partial charge in [0.25, 0.3) is 0 Å². The van der Waals surface area contributed by atoms with E-state index in [1.54, 1.807) is 24.3 Å². The maximum atomic E-state index is 14.3. The number of piperidine rings is 1. The zero-order valence-corrected chi connectivity index (χ0v) is 25.1. The van der Waals surface area contributed by atoms with E-state index < -0.39 is 16.4 Å². The number of nitriles is 1. The van der Waals surface area contributed by atoms with Crippen molar-refractivity contribution in [2.45, 2.75) is 42.7 Å². The Morgan fingerprint density at radius 3 is 2.59 bits per heavy atom. The zero-order chi connectivity index (χ0) is 28.6. The van der Waals surface area contributed by atoms with Gasteiger partial charge in [-0.2, -0.15) is 17.0 Å². The van der Waals surface area contributed by atoms with E-state index in [9.17, 15) is 9.00 Å². The Kier molecular flexibility index (Phi) is 7.92. The first-order valence-corrected chi connectivity index (χ1v) is 16.5. The van der Waals surface area contributed by atoms with Crippen LogP contribution < -0.4 is 4.90 Å². The van der Waals surface area contributed by atoms with Crippen LogP contribution >= 0.6 is 23.4 Å². The molecule has 41 heavy (non-hydrogen) atoms. The van der Waals surface area contributed by atoms with Gasteiger partial charge in [-0.05, 0) is 85.4 Å². The van der Waals surface area contributed by atoms with Gasteiger partial charge in [0.1, 0.15) is 16.8 Å². The number of aryl methyl sites for hydroxylation is 1. The number of hydrogen-bond acceptors (Lipinski definition) is 5. The number of rotatable bonds is 8. The fourth-order valence-electron chi connectivity index (χ4n) is 6.10. The standard InChI is InChI=1S/C31H30ClN5O2S2/c1-40-18-4-15-36-28-12-9-23(32)19-26(28)34-29(36)21-37-27-6-3-2-5-25(27)31(30(37)38)13-16-35(17-14-31)41(39)24-10-7-22(20-33)8-11-24/h2-3,5-12,19H,4,13-18,21H2,1H3. The Labute approximate surface area is 251 Å². The van der Waals surface area contributed by atoms with E-state index in [2.05, 4.69) is 23.0 Å². The summed E-state index contributed by atoms with van der Waals surface area (Å²) in [5.74, 6) is 1.98. The minimum absolute atomic E-state index is 0.0863. The number of nitrogens with zero attached hydrogens (tertiary/aromatic N) is 5. The molecule has 210 valence electrons. The van der Waals surface area contributed by atoms with Crippen molar-refractivity contribution in [1.29, 1.82) is 5.26 Å². The van der Waals surface area contributed by atoms with Gasteiger partial charge in [0.15, 0.2) is 0 Å². The molecule has 0 radical (unpaired) electrons. The normalized spacial score (nSPS) is 17.2. The average molecular weight is 604 g/mol. The van der Waals surface area contributed by atoms with Crippen molar-refractivity contribution in [3.05, 3.63) is 88.7 Å². The summed E-state index contributed by atoms with van der Waals surface area (Å²) in [6, 6.07) is 22.8. The molecule has 1 unspecified atom stereocenters. The summed E-state index contributed by atoms with van der Waals surface area (Å²) in [6.45, 7) is 2.27. The number of para-hydroxylation sites is 1. The highest BCUT2D eigenvalue weighted by Gasteiger charge is 2.52. The Morgan fingerprint density at radius 2 is 1.85 bits per heavy atom. The first kappa shape index (κ1) is 28.0. The van der Waals surface area contributed by atoms with Gasteiger partial charge in [-0.1, -0.05) is 29.8 Å². The van der Waals surface area contributed by atoms with E-state index in [0.717, 1.165) is 46.8 Å². The van der Waals surface area contributed by atoms with Crippen molar-refractivity contribution in [2.24, 2.45) is 0 Å². The largest absolute Gasteiger partial charge is 0.326 e. The molecule has 7 nitrogen and oxygen atoms in total. The summed E-state index contributed by atoms with van der Waals surface area (Å²) < 4.78 is 17.5. The number of fused-ring (bicyclic) bond motifs is 3. The number of halogens is 1. The molecule has 0 aliphatic carbocycles. The van der Waals surface area contributed by atoms with Crippen LogP contribution in [-0.2, 0) is 34.3 Å². The smallest absolute Gasteiger partial charge is 0.238 e. The van der Waals surface area contributed by atoms with Crippen molar-refractivity contribution in [3.8, 4) is 6.07 Å². The molecule has 10 heteroatoms. The quantitative estimate of drug-likeness (QED) is 0.234. The molecule has 1 fully saturated rings. The molecule has 4 aromatic rings. The molecule has 0 saturated carbocycles. The van der Waals surface area contributed by atoms with Crippen LogP contribution in [0.15, 0.2) is 71.6 Å². The number of benzene rings is 3. The molecule has 2 aliphatic rings. The minimum Gasteiger partial charge on any atom is -0.326 e. The van der Waals surface area contributed by atoms with E-state index in [4.69, 9.17) is 21.8 Å². The summed E-state index contributed by atoms with van der Waals surface area (Å²) in [5.41, 5.74) is 3.73. The number of aromatic nitrogens is 2. The number of imidazole rings is 1. The van der Waals surface area contributed by atoms with Crippen LogP contribution in [-0.4, -0.2) is 49.1 Å². The lowest BCUT2D eigenvalue weighted by molar-refractivity contribution is -0.124. The highest BCUT2D eigenvalue weighted by Crippen LogP contribution is 2.48. The monoisotopic (exact) mass is 603 g/mol. The highest BCUT2D eigenvalue weighted by molar-refractivity contribution is 7.98. The number of anilines is 1. The molecule has 0 bridgehead atoms. The first-order chi connectivity index (χ1) is 19.9. The van der Waals surface area contributed by atoms with Crippen molar-refractivity contribution < 1.29 is 9.00 Å². The van der Waals surface area contributed by atoms with Crippen molar-refractivity contribution in [1.82, 2.24) is 13.9 Å². The summed E-state index contributed by atoms with van der Waals surface area (Å²) in [4.78, 5) is 21.9. The summed E-state index contributed by atoms with van der Waals surface area (Å²) in [5, 5.41) is 9.72. The van der Waals surface area contributed by atoms with E-state index >= 15 is 0 Å². The lowest BCUT2D eigenvalue weighted by Gasteiger charge is -2.37. The highest BCUT2D eigenvalue weighted by atomic mass is 35.5. The van der Waals surface area contributed by atoms with Crippen molar-refractivity contribution >= 4 is 57.0 Å². The van der Waals surface area contributed by atoms with Gasteiger partial charge in [-0.15, -0.1) is 0 Å². The fourth-order valence-corrected chi connectivity index (χ4v) is 7.86. The fraction of sp³-hybridized carbons (Fsp3) is 0.323. The molecule has 3 heterocycles. The van der Waals surface area contributed by atoms with Gasteiger partial charge in [0.05, 0.1) is 39.5 Å². The second kappa shape index (κ2) is 11.6.